The number of amides is 1. The van der Waals surface area contributed by atoms with Crippen molar-refractivity contribution in [1.29, 1.82) is 0 Å². The molecule has 1 unspecified atom stereocenters. The quantitative estimate of drug-likeness (QED) is 0.696. The van der Waals surface area contributed by atoms with Crippen molar-refractivity contribution in [3.63, 3.8) is 0 Å². The summed E-state index contributed by atoms with van der Waals surface area (Å²) in [6.07, 6.45) is 6.29. The van der Waals surface area contributed by atoms with Crippen LogP contribution in [0.4, 0.5) is 11.5 Å². The number of fused-ring (bicyclic) bond motifs is 1. The van der Waals surface area contributed by atoms with Gasteiger partial charge in [-0.15, -0.1) is 0 Å². The molecule has 1 atom stereocenters. The maximum absolute atomic E-state index is 12.9. The van der Waals surface area contributed by atoms with Gasteiger partial charge >= 0.3 is 0 Å². The summed E-state index contributed by atoms with van der Waals surface area (Å²) in [5.74, 6) is 2.62. The molecule has 1 fully saturated rings. The molecule has 1 amide bonds. The van der Waals surface area contributed by atoms with E-state index < -0.39 is 0 Å². The van der Waals surface area contributed by atoms with Crippen LogP contribution in [-0.2, 0) is 4.79 Å². The molecular weight excluding hydrogens is 386 g/mol. The second-order valence-corrected chi connectivity index (χ2v) is 7.21. The molecule has 0 radical (unpaired) electrons. The Morgan fingerprint density at radius 2 is 1.93 bits per heavy atom. The van der Waals surface area contributed by atoms with Crippen LogP contribution in [0.15, 0.2) is 43.2 Å². The number of carbonyl (C=O) groups is 1. The summed E-state index contributed by atoms with van der Waals surface area (Å²) in [5.41, 5.74) is 0.705. The summed E-state index contributed by atoms with van der Waals surface area (Å²) in [4.78, 5) is 27.6. The van der Waals surface area contributed by atoms with Gasteiger partial charge in [0.05, 0.1) is 5.92 Å². The predicted molar refractivity (Wildman–Crippen MR) is 108 cm³/mol. The highest BCUT2D eigenvalue weighted by Crippen LogP contribution is 2.33. The van der Waals surface area contributed by atoms with Crippen LogP contribution < -0.4 is 19.7 Å². The van der Waals surface area contributed by atoms with Crippen molar-refractivity contribution in [2.24, 2.45) is 5.92 Å². The van der Waals surface area contributed by atoms with E-state index in [1.165, 1.54) is 12.7 Å². The Morgan fingerprint density at radius 1 is 1.07 bits per heavy atom. The van der Waals surface area contributed by atoms with Crippen molar-refractivity contribution in [1.82, 2.24) is 24.7 Å². The maximum atomic E-state index is 12.9. The van der Waals surface area contributed by atoms with E-state index in [9.17, 15) is 4.79 Å². The number of nitrogens with zero attached hydrogens (tertiary/aromatic N) is 6. The first-order valence-corrected chi connectivity index (χ1v) is 9.89. The van der Waals surface area contributed by atoms with Gasteiger partial charge in [-0.25, -0.2) is 19.6 Å². The van der Waals surface area contributed by atoms with Gasteiger partial charge in [0.2, 0.25) is 5.91 Å². The molecule has 1 saturated heterocycles. The summed E-state index contributed by atoms with van der Waals surface area (Å²) in [6, 6.07) is 7.32. The Bertz CT molecular complexity index is 1040. The van der Waals surface area contributed by atoms with Crippen molar-refractivity contribution < 1.29 is 14.3 Å². The van der Waals surface area contributed by atoms with Gasteiger partial charge in [0.15, 0.2) is 17.3 Å². The van der Waals surface area contributed by atoms with E-state index >= 15 is 0 Å². The Morgan fingerprint density at radius 3 is 2.80 bits per heavy atom. The lowest BCUT2D eigenvalue weighted by atomic mass is 9.97. The van der Waals surface area contributed by atoms with Crippen LogP contribution in [0, 0.1) is 5.92 Å². The molecule has 0 bridgehead atoms. The number of benzene rings is 1. The lowest BCUT2D eigenvalue weighted by molar-refractivity contribution is -0.120. The molecule has 1 N–H and O–H groups in total. The number of ether oxygens (including phenoxy) is 2. The zero-order valence-corrected chi connectivity index (χ0v) is 16.3. The largest absolute Gasteiger partial charge is 0.486 e. The average molecular weight is 407 g/mol. The fraction of sp³-hybridized carbons (Fsp3) is 0.350. The molecule has 0 saturated carbocycles. The molecule has 4 heterocycles. The van der Waals surface area contributed by atoms with Crippen molar-refractivity contribution in [2.45, 2.75) is 12.8 Å². The smallest absolute Gasteiger partial charge is 0.229 e. The Balaban J connectivity index is 1.27. The standard InChI is InChI=1S/C20H21N7O3/c28-20(25-15-3-4-16-17(8-15)30-7-6-29-16)14-2-1-5-26(10-14)18-9-19(23-12-22-18)27-13-21-11-24-27/h3-4,8-9,11-14H,1-2,5-7,10H2,(H,25,28). The van der Waals surface area contributed by atoms with Gasteiger partial charge in [-0.2, -0.15) is 5.10 Å². The van der Waals surface area contributed by atoms with Gasteiger partial charge < -0.3 is 19.7 Å². The first-order valence-electron chi connectivity index (χ1n) is 9.89. The topological polar surface area (TPSA) is 107 Å². The lowest BCUT2D eigenvalue weighted by Gasteiger charge is -2.33. The minimum atomic E-state index is -0.142. The number of aromatic nitrogens is 5. The minimum absolute atomic E-state index is 0.0121. The molecule has 2 aromatic heterocycles. The molecule has 1 aromatic carbocycles. The summed E-state index contributed by atoms with van der Waals surface area (Å²) in [7, 11) is 0. The summed E-state index contributed by atoms with van der Waals surface area (Å²) in [6.45, 7) is 2.47. The number of piperidine rings is 1. The van der Waals surface area contributed by atoms with Crippen molar-refractivity contribution >= 4 is 17.4 Å². The second-order valence-electron chi connectivity index (χ2n) is 7.21. The normalized spacial score (nSPS) is 18.1. The molecule has 5 rings (SSSR count). The number of hydrogen-bond acceptors (Lipinski definition) is 8. The van der Waals surface area contributed by atoms with E-state index in [4.69, 9.17) is 9.47 Å². The maximum Gasteiger partial charge on any atom is 0.229 e. The number of carbonyl (C=O) groups excluding carboxylic acids is 1. The highest BCUT2D eigenvalue weighted by atomic mass is 16.6. The third-order valence-corrected chi connectivity index (χ3v) is 5.22. The molecule has 2 aliphatic rings. The average Bonchev–Trinajstić information content (AvgIpc) is 3.34. The third-order valence-electron chi connectivity index (χ3n) is 5.22. The van der Waals surface area contributed by atoms with E-state index in [1.807, 2.05) is 24.3 Å². The van der Waals surface area contributed by atoms with Gasteiger partial charge in [0.25, 0.3) is 0 Å². The summed E-state index contributed by atoms with van der Waals surface area (Å²) in [5, 5.41) is 7.12. The minimum Gasteiger partial charge on any atom is -0.486 e. The second kappa shape index (κ2) is 7.97. The van der Waals surface area contributed by atoms with Gasteiger partial charge in [-0.3, -0.25) is 4.79 Å². The molecule has 10 nitrogen and oxygen atoms in total. The van der Waals surface area contributed by atoms with Gasteiger partial charge in [-0.1, -0.05) is 0 Å². The van der Waals surface area contributed by atoms with Crippen LogP contribution in [0.2, 0.25) is 0 Å². The Hall–Kier alpha value is -3.69. The Labute approximate surface area is 172 Å². The van der Waals surface area contributed by atoms with Crippen molar-refractivity contribution in [3.05, 3.63) is 43.2 Å². The van der Waals surface area contributed by atoms with Crippen LogP contribution in [0.1, 0.15) is 12.8 Å². The molecule has 30 heavy (non-hydrogen) atoms. The summed E-state index contributed by atoms with van der Waals surface area (Å²) >= 11 is 0. The van der Waals surface area contributed by atoms with E-state index in [-0.39, 0.29) is 11.8 Å². The van der Waals surface area contributed by atoms with Gasteiger partial charge in [0.1, 0.15) is 38.0 Å². The van der Waals surface area contributed by atoms with Gasteiger partial charge in [-0.05, 0) is 25.0 Å². The SMILES string of the molecule is O=C(Nc1ccc2c(c1)OCCO2)C1CCCN(c2cc(-n3cncn3)ncn2)C1. The molecule has 0 spiro atoms. The number of rotatable bonds is 4. The Kier molecular flexibility index (Phi) is 4.88. The van der Waals surface area contributed by atoms with Crippen molar-refractivity contribution in [3.8, 4) is 17.3 Å². The first-order chi connectivity index (χ1) is 14.8. The molecule has 10 heteroatoms. The lowest BCUT2D eigenvalue weighted by Crippen LogP contribution is -2.41. The first kappa shape index (κ1) is 18.3. The van der Waals surface area contributed by atoms with E-state index in [2.05, 4.69) is 30.3 Å². The fourth-order valence-electron chi connectivity index (χ4n) is 3.73. The van der Waals surface area contributed by atoms with Crippen LogP contribution in [0.3, 0.4) is 0 Å². The van der Waals surface area contributed by atoms with Crippen LogP contribution in [-0.4, -0.2) is 56.9 Å². The van der Waals surface area contributed by atoms with E-state index in [0.29, 0.717) is 42.8 Å². The molecule has 2 aliphatic heterocycles. The highest BCUT2D eigenvalue weighted by Gasteiger charge is 2.27. The van der Waals surface area contributed by atoms with Gasteiger partial charge in [0, 0.05) is 30.9 Å². The zero-order valence-electron chi connectivity index (χ0n) is 16.3. The fourth-order valence-corrected chi connectivity index (χ4v) is 3.73. The zero-order chi connectivity index (χ0) is 20.3. The molecule has 154 valence electrons. The number of nitrogens with one attached hydrogen (secondary N) is 1. The number of hydrogen-bond donors (Lipinski definition) is 1. The summed E-state index contributed by atoms with van der Waals surface area (Å²) < 4.78 is 12.7. The van der Waals surface area contributed by atoms with Crippen LogP contribution in [0.5, 0.6) is 11.5 Å². The monoisotopic (exact) mass is 407 g/mol. The van der Waals surface area contributed by atoms with E-state index in [0.717, 1.165) is 25.2 Å². The molecule has 0 aliphatic carbocycles. The molecular formula is C20H21N7O3. The number of anilines is 2. The predicted octanol–water partition coefficient (Wildman–Crippen LogP) is 1.68. The van der Waals surface area contributed by atoms with E-state index in [1.54, 1.807) is 11.0 Å². The highest BCUT2D eigenvalue weighted by molar-refractivity contribution is 5.93. The third kappa shape index (κ3) is 3.76. The van der Waals surface area contributed by atoms with Crippen LogP contribution >= 0.6 is 0 Å². The molecule has 3 aromatic rings. The van der Waals surface area contributed by atoms with Crippen molar-refractivity contribution in [2.75, 3.05) is 36.5 Å². The van der Waals surface area contributed by atoms with Crippen LogP contribution in [0.25, 0.3) is 5.82 Å².